The van der Waals surface area contributed by atoms with Crippen molar-refractivity contribution in [3.63, 3.8) is 0 Å². The molecule has 2 aliphatic heterocycles. The molecule has 2 fully saturated rings. The Morgan fingerprint density at radius 3 is 2.16 bits per heavy atom. The van der Waals surface area contributed by atoms with E-state index in [2.05, 4.69) is 0 Å². The molecule has 4 rings (SSSR count). The minimum atomic E-state index is -4.29. The molecular formula is C21H25N3O7S. The Labute approximate surface area is 186 Å². The van der Waals surface area contributed by atoms with Gasteiger partial charge in [0.15, 0.2) is 4.91 Å². The molecule has 0 bridgehead atoms. The quantitative estimate of drug-likeness (QED) is 0.642. The third-order valence-corrected chi connectivity index (χ3v) is 7.68. The lowest BCUT2D eigenvalue weighted by Gasteiger charge is -2.37. The number of amides is 1. The van der Waals surface area contributed by atoms with E-state index in [1.807, 2.05) is 0 Å². The maximum absolute atomic E-state index is 13.7. The van der Waals surface area contributed by atoms with Crippen molar-refractivity contribution < 1.29 is 32.3 Å². The number of ketones is 2. The summed E-state index contributed by atoms with van der Waals surface area (Å²) in [5, 5.41) is 0. The fourth-order valence-corrected chi connectivity index (χ4v) is 5.82. The van der Waals surface area contributed by atoms with Gasteiger partial charge in [0.05, 0.1) is 19.8 Å². The standard InChI is InChI=1S/C21H25N3O7S/c1-2-31-21(27)23-7-9-24(10-8-23)32(28,29)20-17(22-11-13-30-14-12-22)18(25)15-5-3-4-6-16(15)19(20)26/h3-6H,2,7-14H2,1H3. The topological polar surface area (TPSA) is 114 Å². The Morgan fingerprint density at radius 1 is 0.969 bits per heavy atom. The highest BCUT2D eigenvalue weighted by molar-refractivity contribution is 7.94. The summed E-state index contributed by atoms with van der Waals surface area (Å²) < 4.78 is 38.8. The van der Waals surface area contributed by atoms with Gasteiger partial charge in [-0.05, 0) is 6.92 Å². The first kappa shape index (κ1) is 22.4. The fraction of sp³-hybridized carbons (Fsp3) is 0.476. The van der Waals surface area contributed by atoms with Gasteiger partial charge < -0.3 is 19.3 Å². The van der Waals surface area contributed by atoms with Crippen LogP contribution in [-0.2, 0) is 19.5 Å². The number of rotatable bonds is 4. The summed E-state index contributed by atoms with van der Waals surface area (Å²) in [5.74, 6) is -1.17. The van der Waals surface area contributed by atoms with E-state index in [1.54, 1.807) is 24.0 Å². The third-order valence-electron chi connectivity index (χ3n) is 5.74. The Bertz CT molecular complexity index is 1070. The normalized spacial score (nSPS) is 20.4. The van der Waals surface area contributed by atoms with Crippen molar-refractivity contribution in [3.05, 3.63) is 46.0 Å². The second-order valence-corrected chi connectivity index (χ2v) is 9.45. The Hall–Kier alpha value is -2.76. The summed E-state index contributed by atoms with van der Waals surface area (Å²) in [6.07, 6.45) is -0.504. The first-order chi connectivity index (χ1) is 15.4. The Kier molecular flexibility index (Phi) is 6.31. The molecule has 1 aromatic carbocycles. The van der Waals surface area contributed by atoms with Crippen LogP contribution < -0.4 is 0 Å². The van der Waals surface area contributed by atoms with Crippen molar-refractivity contribution in [3.8, 4) is 0 Å². The molecule has 0 saturated carbocycles. The molecule has 2 saturated heterocycles. The van der Waals surface area contributed by atoms with Gasteiger partial charge in [-0.25, -0.2) is 13.2 Å². The van der Waals surface area contributed by atoms with E-state index in [0.717, 1.165) is 4.31 Å². The number of sulfonamides is 1. The first-order valence-electron chi connectivity index (χ1n) is 10.5. The average molecular weight is 464 g/mol. The van der Waals surface area contributed by atoms with Crippen molar-refractivity contribution >= 4 is 27.7 Å². The van der Waals surface area contributed by atoms with Crippen molar-refractivity contribution in [1.29, 1.82) is 0 Å². The summed E-state index contributed by atoms with van der Waals surface area (Å²) in [4.78, 5) is 41.3. The molecule has 0 aromatic heterocycles. The Morgan fingerprint density at radius 2 is 1.56 bits per heavy atom. The lowest BCUT2D eigenvalue weighted by molar-refractivity contribution is 0.0498. The predicted molar refractivity (Wildman–Crippen MR) is 114 cm³/mol. The lowest BCUT2D eigenvalue weighted by atomic mass is 9.91. The van der Waals surface area contributed by atoms with Crippen LogP contribution in [0.4, 0.5) is 4.79 Å². The highest BCUT2D eigenvalue weighted by atomic mass is 32.2. The SMILES string of the molecule is CCOC(=O)N1CCN(S(=O)(=O)C2=C(N3CCOCC3)C(=O)c3ccccc3C2=O)CC1. The number of Topliss-reactive ketones (excluding diaryl/α,β-unsaturated/α-hetero) is 2. The second-order valence-electron chi connectivity index (χ2n) is 7.57. The van der Waals surface area contributed by atoms with E-state index in [1.165, 1.54) is 17.0 Å². The van der Waals surface area contributed by atoms with E-state index in [4.69, 9.17) is 9.47 Å². The van der Waals surface area contributed by atoms with Crippen molar-refractivity contribution in [2.24, 2.45) is 0 Å². The van der Waals surface area contributed by atoms with Crippen LogP contribution in [-0.4, -0.2) is 99.3 Å². The minimum Gasteiger partial charge on any atom is -0.450 e. The number of nitrogens with zero attached hydrogens (tertiary/aromatic N) is 3. The number of fused-ring (bicyclic) bond motifs is 1. The molecule has 32 heavy (non-hydrogen) atoms. The van der Waals surface area contributed by atoms with Crippen molar-refractivity contribution in [2.75, 3.05) is 59.1 Å². The maximum atomic E-state index is 13.7. The third kappa shape index (κ3) is 3.91. The van der Waals surface area contributed by atoms with E-state index in [-0.39, 0.29) is 49.6 Å². The molecule has 0 N–H and O–H groups in total. The summed E-state index contributed by atoms with van der Waals surface area (Å²) in [5.41, 5.74) is 0.188. The highest BCUT2D eigenvalue weighted by Gasteiger charge is 2.44. The van der Waals surface area contributed by atoms with Gasteiger partial charge in [-0.3, -0.25) is 9.59 Å². The smallest absolute Gasteiger partial charge is 0.409 e. The zero-order chi connectivity index (χ0) is 22.9. The Balaban J connectivity index is 1.71. The van der Waals surface area contributed by atoms with Gasteiger partial charge in [0.25, 0.3) is 0 Å². The zero-order valence-electron chi connectivity index (χ0n) is 17.8. The number of ether oxygens (including phenoxy) is 2. The van der Waals surface area contributed by atoms with Crippen molar-refractivity contribution in [1.82, 2.24) is 14.1 Å². The van der Waals surface area contributed by atoms with Gasteiger partial charge in [0, 0.05) is 50.4 Å². The number of carbonyl (C=O) groups is 3. The maximum Gasteiger partial charge on any atom is 0.409 e. The lowest BCUT2D eigenvalue weighted by Crippen LogP contribution is -2.52. The first-order valence-corrected chi connectivity index (χ1v) is 12.0. The average Bonchev–Trinajstić information content (AvgIpc) is 2.82. The predicted octanol–water partition coefficient (Wildman–Crippen LogP) is 0.713. The van der Waals surface area contributed by atoms with Gasteiger partial charge in [-0.15, -0.1) is 0 Å². The molecule has 0 spiro atoms. The van der Waals surface area contributed by atoms with E-state index < -0.39 is 32.6 Å². The van der Waals surface area contributed by atoms with Gasteiger partial charge >= 0.3 is 6.09 Å². The van der Waals surface area contributed by atoms with E-state index in [9.17, 15) is 22.8 Å². The number of hydrogen-bond donors (Lipinski definition) is 0. The summed E-state index contributed by atoms with van der Waals surface area (Å²) in [6.45, 7) is 3.49. The van der Waals surface area contributed by atoms with Crippen LogP contribution in [0.25, 0.3) is 0 Å². The number of carbonyl (C=O) groups excluding carboxylic acids is 3. The molecule has 0 atom stereocenters. The summed E-state index contributed by atoms with van der Waals surface area (Å²) in [6, 6.07) is 6.26. The molecule has 172 valence electrons. The second kappa shape index (κ2) is 9.00. The van der Waals surface area contributed by atoms with Gasteiger partial charge in [-0.1, -0.05) is 24.3 Å². The van der Waals surface area contributed by atoms with Gasteiger partial charge in [0.1, 0.15) is 5.70 Å². The van der Waals surface area contributed by atoms with Crippen LogP contribution in [0.3, 0.4) is 0 Å². The van der Waals surface area contributed by atoms with Crippen molar-refractivity contribution in [2.45, 2.75) is 6.92 Å². The van der Waals surface area contributed by atoms with Crippen LogP contribution in [0.1, 0.15) is 27.6 Å². The van der Waals surface area contributed by atoms with Crippen LogP contribution in [0.2, 0.25) is 0 Å². The minimum absolute atomic E-state index is 0.00412. The monoisotopic (exact) mass is 463 g/mol. The van der Waals surface area contributed by atoms with E-state index >= 15 is 0 Å². The van der Waals surface area contributed by atoms with E-state index in [0.29, 0.717) is 26.3 Å². The summed E-state index contributed by atoms with van der Waals surface area (Å²) in [7, 11) is -4.29. The number of benzene rings is 1. The van der Waals surface area contributed by atoms with Crippen LogP contribution in [0, 0.1) is 0 Å². The van der Waals surface area contributed by atoms with Crippen LogP contribution >= 0.6 is 0 Å². The molecule has 0 unspecified atom stereocenters. The molecule has 10 nitrogen and oxygen atoms in total. The summed E-state index contributed by atoms with van der Waals surface area (Å²) >= 11 is 0. The number of allylic oxidation sites excluding steroid dienone is 2. The molecule has 1 amide bonds. The fourth-order valence-electron chi connectivity index (χ4n) is 4.11. The molecular weight excluding hydrogens is 438 g/mol. The molecule has 1 aliphatic carbocycles. The van der Waals surface area contributed by atoms with Gasteiger partial charge in [0.2, 0.25) is 21.6 Å². The van der Waals surface area contributed by atoms with Gasteiger partial charge in [-0.2, -0.15) is 4.31 Å². The molecule has 3 aliphatic rings. The molecule has 0 radical (unpaired) electrons. The molecule has 2 heterocycles. The zero-order valence-corrected chi connectivity index (χ0v) is 18.6. The largest absolute Gasteiger partial charge is 0.450 e. The number of morpholine rings is 1. The highest BCUT2D eigenvalue weighted by Crippen LogP contribution is 2.33. The number of hydrogen-bond acceptors (Lipinski definition) is 8. The van der Waals surface area contributed by atoms with Crippen LogP contribution in [0.5, 0.6) is 0 Å². The molecule has 1 aromatic rings. The molecule has 11 heteroatoms. The number of piperazine rings is 1. The van der Waals surface area contributed by atoms with Crippen LogP contribution in [0.15, 0.2) is 34.9 Å².